The van der Waals surface area contributed by atoms with Crippen molar-refractivity contribution in [3.05, 3.63) is 47.1 Å². The molecule has 2 aliphatic carbocycles. The Bertz CT molecular complexity index is 1750. The molecular formula is C33H40ClF2N5O7S. The number of alkyl halides is 2. The Morgan fingerprint density at radius 2 is 1.67 bits per heavy atom. The highest BCUT2D eigenvalue weighted by Gasteiger charge is 2.68. The van der Waals surface area contributed by atoms with Crippen LogP contribution in [0.5, 0.6) is 0 Å². The highest BCUT2D eigenvalue weighted by atomic mass is 35.5. The Hall–Kier alpha value is -3.56. The van der Waals surface area contributed by atoms with Crippen LogP contribution in [0.1, 0.15) is 64.9 Å². The molecule has 2 aromatic rings. The first-order chi connectivity index (χ1) is 22.8. The van der Waals surface area contributed by atoms with Gasteiger partial charge in [0.2, 0.25) is 15.9 Å². The molecule has 2 aliphatic heterocycles. The lowest BCUT2D eigenvalue weighted by Crippen LogP contribution is -2.49. The van der Waals surface area contributed by atoms with Crippen LogP contribution in [0.2, 0.25) is 5.15 Å². The van der Waals surface area contributed by atoms with E-state index in [2.05, 4.69) is 10.3 Å². The van der Waals surface area contributed by atoms with Crippen molar-refractivity contribution in [2.75, 3.05) is 42.5 Å². The molecule has 12 nitrogen and oxygen atoms in total. The van der Waals surface area contributed by atoms with Crippen molar-refractivity contribution in [1.29, 1.82) is 0 Å². The van der Waals surface area contributed by atoms with Gasteiger partial charge >= 0.3 is 12.1 Å². The maximum absolute atomic E-state index is 16.2. The van der Waals surface area contributed by atoms with E-state index in [-0.39, 0.29) is 98.6 Å². The zero-order valence-electron chi connectivity index (χ0n) is 27.5. The number of carboxylic acid groups (broad SMARTS) is 1. The number of rotatable bonds is 8. The lowest BCUT2D eigenvalue weighted by Gasteiger charge is -2.37. The van der Waals surface area contributed by atoms with E-state index in [0.29, 0.717) is 5.69 Å². The van der Waals surface area contributed by atoms with Crippen LogP contribution in [0, 0.1) is 10.8 Å². The molecule has 1 atom stereocenters. The minimum absolute atomic E-state index is 0.0346. The Balaban J connectivity index is 1.09. The maximum atomic E-state index is 16.2. The molecule has 0 unspecified atom stereocenters. The molecule has 6 rings (SSSR count). The molecule has 0 radical (unpaired) electrons. The van der Waals surface area contributed by atoms with E-state index < -0.39 is 50.5 Å². The number of piperazine rings is 1. The van der Waals surface area contributed by atoms with Crippen molar-refractivity contribution in [1.82, 2.24) is 14.6 Å². The van der Waals surface area contributed by atoms with Crippen molar-refractivity contribution in [3.8, 4) is 0 Å². The lowest BCUT2D eigenvalue weighted by atomic mass is 9.75. The Morgan fingerprint density at radius 3 is 2.24 bits per heavy atom. The first kappa shape index (κ1) is 35.3. The van der Waals surface area contributed by atoms with Crippen molar-refractivity contribution in [2.24, 2.45) is 10.8 Å². The SMILES string of the molecule is CC(C)(C)OC(=O)N[C@@H]1CC(=O)N(c2ccc(S(=O)(=O)N3CCN(c4cc(C(F)(F)C56CCC(C(=O)O)(CC5)C6)cc(Cl)n4)CC3)cc2)C1. The predicted molar refractivity (Wildman–Crippen MR) is 176 cm³/mol. The molecule has 2 saturated heterocycles. The van der Waals surface area contributed by atoms with Crippen LogP contribution in [-0.2, 0) is 30.3 Å². The molecule has 2 amide bonds. The van der Waals surface area contributed by atoms with Gasteiger partial charge in [0, 0.05) is 55.8 Å². The van der Waals surface area contributed by atoms with E-state index in [0.717, 1.165) is 6.07 Å². The van der Waals surface area contributed by atoms with Gasteiger partial charge in [-0.15, -0.1) is 0 Å². The van der Waals surface area contributed by atoms with E-state index in [4.69, 9.17) is 16.3 Å². The van der Waals surface area contributed by atoms with Crippen LogP contribution in [-0.4, -0.2) is 85.1 Å². The number of fused-ring (bicyclic) bond motifs is 2. The molecule has 3 heterocycles. The zero-order chi connectivity index (χ0) is 35.6. The fourth-order valence-corrected chi connectivity index (χ4v) is 9.31. The number of ether oxygens (including phenoxy) is 1. The molecular weight excluding hydrogens is 684 g/mol. The summed E-state index contributed by atoms with van der Waals surface area (Å²) in [5, 5.41) is 12.3. The monoisotopic (exact) mass is 723 g/mol. The quantitative estimate of drug-likeness (QED) is 0.359. The summed E-state index contributed by atoms with van der Waals surface area (Å²) < 4.78 is 66.0. The number of nitrogens with one attached hydrogen (secondary N) is 1. The van der Waals surface area contributed by atoms with Gasteiger partial charge in [-0.25, -0.2) is 27.0 Å². The summed E-state index contributed by atoms with van der Waals surface area (Å²) in [6.45, 7) is 5.92. The number of hydrogen-bond acceptors (Lipinski definition) is 8. The number of halogens is 3. The number of hydrogen-bond donors (Lipinski definition) is 2. The third-order valence-corrected chi connectivity index (χ3v) is 12.4. The first-order valence-corrected chi connectivity index (χ1v) is 18.1. The van der Waals surface area contributed by atoms with Crippen LogP contribution in [0.4, 0.5) is 25.1 Å². The van der Waals surface area contributed by atoms with Gasteiger partial charge in [-0.3, -0.25) is 9.59 Å². The number of carbonyl (C=O) groups is 3. The lowest BCUT2D eigenvalue weighted by molar-refractivity contribution is -0.148. The van der Waals surface area contributed by atoms with Crippen LogP contribution in [0.15, 0.2) is 41.3 Å². The Morgan fingerprint density at radius 1 is 1.04 bits per heavy atom. The standard InChI is InChI=1S/C33H40ClF2N5O7S/c1-30(2,3)48-29(45)37-22-18-27(42)41(19-22)23-4-6-24(7-5-23)49(46,47)40-14-12-39(13-15-40)26-17-21(16-25(34)38-26)33(35,36)32-10-8-31(20-32,9-11-32)28(43)44/h4-7,16-17,22H,8-15,18-20H2,1-3H3,(H,37,45)(H,43,44)/t22-,31?,32?/m1/s1. The highest BCUT2D eigenvalue weighted by Crippen LogP contribution is 2.69. The number of anilines is 2. The average Bonchev–Trinajstić information content (AvgIpc) is 3.74. The minimum Gasteiger partial charge on any atom is -0.481 e. The molecule has 4 aliphatic rings. The van der Waals surface area contributed by atoms with Gasteiger partial charge < -0.3 is 25.0 Å². The number of aliphatic carboxylic acids is 1. The van der Waals surface area contributed by atoms with Crippen molar-refractivity contribution in [3.63, 3.8) is 0 Å². The Kier molecular flexibility index (Phi) is 8.88. The summed E-state index contributed by atoms with van der Waals surface area (Å²) >= 11 is 6.24. The van der Waals surface area contributed by atoms with Crippen LogP contribution in [0.3, 0.4) is 0 Å². The van der Waals surface area contributed by atoms with Crippen LogP contribution >= 0.6 is 11.6 Å². The molecule has 49 heavy (non-hydrogen) atoms. The third kappa shape index (κ3) is 6.56. The van der Waals surface area contributed by atoms with Gasteiger partial charge in [0.25, 0.3) is 5.92 Å². The van der Waals surface area contributed by atoms with Gasteiger partial charge in [0.05, 0.1) is 16.4 Å². The van der Waals surface area contributed by atoms with E-state index in [9.17, 15) is 27.9 Å². The molecule has 2 bridgehead atoms. The minimum atomic E-state index is -3.92. The number of carboxylic acids is 1. The normalized spacial score (nSPS) is 26.3. The van der Waals surface area contributed by atoms with E-state index >= 15 is 8.78 Å². The third-order valence-electron chi connectivity index (χ3n) is 10.3. The number of alkyl carbamates (subject to hydrolysis) is 1. The molecule has 1 aromatic heterocycles. The van der Waals surface area contributed by atoms with E-state index in [1.807, 2.05) is 0 Å². The Labute approximate surface area is 288 Å². The predicted octanol–water partition coefficient (Wildman–Crippen LogP) is 5.00. The van der Waals surface area contributed by atoms with Gasteiger partial charge in [0.15, 0.2) is 0 Å². The topological polar surface area (TPSA) is 149 Å². The molecule has 266 valence electrons. The highest BCUT2D eigenvalue weighted by molar-refractivity contribution is 7.89. The fraction of sp³-hybridized carbons (Fsp3) is 0.576. The number of aromatic nitrogens is 1. The molecule has 1 aromatic carbocycles. The van der Waals surface area contributed by atoms with Gasteiger partial charge in [-0.2, -0.15) is 4.31 Å². The number of amides is 2. The first-order valence-electron chi connectivity index (χ1n) is 16.3. The van der Waals surface area contributed by atoms with Crippen molar-refractivity contribution < 1.29 is 41.4 Å². The zero-order valence-corrected chi connectivity index (χ0v) is 29.1. The number of sulfonamides is 1. The van der Waals surface area contributed by atoms with Crippen molar-refractivity contribution >= 4 is 51.1 Å². The summed E-state index contributed by atoms with van der Waals surface area (Å²) in [7, 11) is -3.92. The summed E-state index contributed by atoms with van der Waals surface area (Å²) in [5.41, 5.74) is -3.08. The number of nitrogens with zero attached hydrogens (tertiary/aromatic N) is 4. The maximum Gasteiger partial charge on any atom is 0.407 e. The van der Waals surface area contributed by atoms with Gasteiger partial charge in [-0.05, 0) is 89.3 Å². The van der Waals surface area contributed by atoms with Crippen LogP contribution in [0.25, 0.3) is 0 Å². The average molecular weight is 724 g/mol. The summed E-state index contributed by atoms with van der Waals surface area (Å²) in [6, 6.07) is 7.91. The largest absolute Gasteiger partial charge is 0.481 e. The van der Waals surface area contributed by atoms with Gasteiger partial charge in [-0.1, -0.05) is 11.6 Å². The second-order valence-corrected chi connectivity index (χ2v) is 16.9. The second-order valence-electron chi connectivity index (χ2n) is 14.6. The fourth-order valence-electron chi connectivity index (χ4n) is 7.69. The molecule has 16 heteroatoms. The summed E-state index contributed by atoms with van der Waals surface area (Å²) in [5.74, 6) is -4.36. The smallest absolute Gasteiger partial charge is 0.407 e. The molecule has 2 saturated carbocycles. The number of benzene rings is 1. The summed E-state index contributed by atoms with van der Waals surface area (Å²) in [6.07, 6.45) is 0.0219. The second kappa shape index (κ2) is 12.3. The van der Waals surface area contributed by atoms with E-state index in [1.165, 1.54) is 27.4 Å². The van der Waals surface area contributed by atoms with Crippen LogP contribution < -0.4 is 15.1 Å². The van der Waals surface area contributed by atoms with E-state index in [1.54, 1.807) is 37.8 Å². The number of pyridine rings is 1. The van der Waals surface area contributed by atoms with Crippen molar-refractivity contribution in [2.45, 2.75) is 81.8 Å². The molecule has 0 spiro atoms. The molecule has 2 N–H and O–H groups in total. The molecule has 4 fully saturated rings. The number of carbonyl (C=O) groups excluding carboxylic acids is 2. The van der Waals surface area contributed by atoms with Gasteiger partial charge in [0.1, 0.15) is 16.6 Å². The summed E-state index contributed by atoms with van der Waals surface area (Å²) in [4.78, 5) is 44.2.